The molecule has 0 bridgehead atoms. The van der Waals surface area contributed by atoms with E-state index in [1.165, 1.54) is 18.9 Å². The van der Waals surface area contributed by atoms with Crippen LogP contribution in [0.2, 0.25) is 0 Å². The number of esters is 1. The average Bonchev–Trinajstić information content (AvgIpc) is 3.07. The van der Waals surface area contributed by atoms with E-state index in [2.05, 4.69) is 5.32 Å². The summed E-state index contributed by atoms with van der Waals surface area (Å²) in [6.45, 7) is 0. The fraction of sp³-hybridized carbons (Fsp3) is 0.154. The van der Waals surface area contributed by atoms with Crippen molar-refractivity contribution in [2.24, 2.45) is 9.98 Å². The van der Waals surface area contributed by atoms with E-state index < -0.39 is 5.97 Å². The minimum atomic E-state index is -0.506. The maximum Gasteiger partial charge on any atom is 0.339 e. The molecule has 0 atom stereocenters. The highest BCUT2D eigenvalue weighted by Gasteiger charge is 2.18. The molecule has 3 aromatic rings. The number of rotatable bonds is 6. The lowest BCUT2D eigenvalue weighted by molar-refractivity contribution is -0.113. The molecule has 0 radical (unpaired) electrons. The molecule has 1 amide bonds. The first-order valence-electron chi connectivity index (χ1n) is 10.6. The number of thioether (sulfide) groups is 1. The number of methoxy groups -OCH3 is 2. The van der Waals surface area contributed by atoms with Crippen LogP contribution < -0.4 is 10.1 Å². The van der Waals surface area contributed by atoms with Gasteiger partial charge in [0.25, 0.3) is 0 Å². The zero-order valence-electron chi connectivity index (χ0n) is 18.8. The van der Waals surface area contributed by atoms with Gasteiger partial charge in [0.15, 0.2) is 0 Å². The number of aliphatic imine (C=N–C) groups is 2. The molecule has 4 rings (SSSR count). The van der Waals surface area contributed by atoms with Crippen LogP contribution in [0.4, 0.5) is 17.1 Å². The van der Waals surface area contributed by atoms with Gasteiger partial charge in [0, 0.05) is 6.42 Å². The Morgan fingerprint density at radius 1 is 0.912 bits per heavy atom. The lowest BCUT2D eigenvalue weighted by Gasteiger charge is -2.10. The molecule has 1 aliphatic rings. The first-order valence-corrected chi connectivity index (χ1v) is 11.5. The standard InChI is InChI=1S/C26H23N3O4S/c1-32-18-13-11-17(12-14-18)23-15-25(29-22-10-6-5-9-21(22)27-23)34-16-24(30)28-20-8-4-3-7-19(20)26(31)33-2/h3-14H,15-16H2,1-2H3,(H,28,30). The van der Waals surface area contributed by atoms with Crippen LogP contribution in [0.25, 0.3) is 0 Å². The average molecular weight is 474 g/mol. The third-order valence-electron chi connectivity index (χ3n) is 5.10. The van der Waals surface area contributed by atoms with Crippen LogP contribution in [0.1, 0.15) is 22.3 Å². The third-order valence-corrected chi connectivity index (χ3v) is 6.08. The van der Waals surface area contributed by atoms with Crippen LogP contribution in [-0.2, 0) is 9.53 Å². The summed E-state index contributed by atoms with van der Waals surface area (Å²) in [6, 6.07) is 22.1. The fourth-order valence-electron chi connectivity index (χ4n) is 3.40. The van der Waals surface area contributed by atoms with Crippen LogP contribution >= 0.6 is 11.8 Å². The topological polar surface area (TPSA) is 89.3 Å². The Morgan fingerprint density at radius 3 is 2.29 bits per heavy atom. The number of anilines is 1. The van der Waals surface area contributed by atoms with Gasteiger partial charge in [-0.1, -0.05) is 24.3 Å². The number of amides is 1. The minimum absolute atomic E-state index is 0.131. The molecule has 1 N–H and O–H groups in total. The summed E-state index contributed by atoms with van der Waals surface area (Å²) < 4.78 is 10.1. The van der Waals surface area contributed by atoms with Crippen molar-refractivity contribution in [2.45, 2.75) is 6.42 Å². The fourth-order valence-corrected chi connectivity index (χ4v) is 4.18. The summed E-state index contributed by atoms with van der Waals surface area (Å²) in [5, 5.41) is 3.57. The Labute approximate surface area is 201 Å². The third kappa shape index (κ3) is 5.52. The van der Waals surface area contributed by atoms with E-state index in [1.807, 2.05) is 48.5 Å². The van der Waals surface area contributed by atoms with E-state index in [1.54, 1.807) is 31.4 Å². The van der Waals surface area contributed by atoms with Crippen LogP contribution in [0, 0.1) is 0 Å². The molecule has 34 heavy (non-hydrogen) atoms. The van der Waals surface area contributed by atoms with Crippen molar-refractivity contribution in [3.05, 3.63) is 83.9 Å². The first-order chi connectivity index (χ1) is 16.6. The number of hydrogen-bond acceptors (Lipinski definition) is 7. The number of benzene rings is 3. The van der Waals surface area contributed by atoms with Gasteiger partial charge in [0.05, 0.1) is 53.4 Å². The van der Waals surface area contributed by atoms with Gasteiger partial charge in [-0.25, -0.2) is 9.79 Å². The summed E-state index contributed by atoms with van der Waals surface area (Å²) >= 11 is 1.34. The molecule has 0 spiro atoms. The normalized spacial score (nSPS) is 12.5. The smallest absolute Gasteiger partial charge is 0.339 e. The van der Waals surface area contributed by atoms with E-state index in [0.29, 0.717) is 17.7 Å². The van der Waals surface area contributed by atoms with Crippen LogP contribution in [-0.4, -0.2) is 42.6 Å². The lowest BCUT2D eigenvalue weighted by Crippen LogP contribution is -2.18. The summed E-state index contributed by atoms with van der Waals surface area (Å²) in [4.78, 5) is 34.3. The van der Waals surface area contributed by atoms with Crippen molar-refractivity contribution < 1.29 is 19.1 Å². The van der Waals surface area contributed by atoms with Gasteiger partial charge in [-0.05, 0) is 54.1 Å². The number of para-hydroxylation sites is 3. The maximum atomic E-state index is 12.7. The highest BCUT2D eigenvalue weighted by atomic mass is 32.2. The van der Waals surface area contributed by atoms with Crippen molar-refractivity contribution in [3.8, 4) is 5.75 Å². The molecule has 1 aliphatic heterocycles. The Hall–Kier alpha value is -3.91. The van der Waals surface area contributed by atoms with Crippen molar-refractivity contribution in [2.75, 3.05) is 25.3 Å². The monoisotopic (exact) mass is 473 g/mol. The Balaban J connectivity index is 1.52. The second-order valence-electron chi connectivity index (χ2n) is 7.33. The molecule has 0 saturated carbocycles. The van der Waals surface area contributed by atoms with Crippen molar-refractivity contribution in [1.82, 2.24) is 0 Å². The molecular formula is C26H23N3O4S. The largest absolute Gasteiger partial charge is 0.497 e. The first kappa shape index (κ1) is 23.3. The van der Waals surface area contributed by atoms with E-state index in [-0.39, 0.29) is 11.7 Å². The van der Waals surface area contributed by atoms with Gasteiger partial charge in [0.2, 0.25) is 5.91 Å². The van der Waals surface area contributed by atoms with Gasteiger partial charge >= 0.3 is 5.97 Å². The van der Waals surface area contributed by atoms with Gasteiger partial charge in [-0.15, -0.1) is 11.8 Å². The number of ether oxygens (including phenoxy) is 2. The molecule has 172 valence electrons. The van der Waals surface area contributed by atoms with E-state index >= 15 is 0 Å². The zero-order chi connectivity index (χ0) is 23.9. The highest BCUT2D eigenvalue weighted by Crippen LogP contribution is 2.33. The zero-order valence-corrected chi connectivity index (χ0v) is 19.6. The van der Waals surface area contributed by atoms with Crippen molar-refractivity contribution in [1.29, 1.82) is 0 Å². The second-order valence-corrected chi connectivity index (χ2v) is 8.38. The van der Waals surface area contributed by atoms with Crippen LogP contribution in [0.3, 0.4) is 0 Å². The molecule has 0 unspecified atom stereocenters. The van der Waals surface area contributed by atoms with Crippen LogP contribution in [0.15, 0.2) is 82.8 Å². The van der Waals surface area contributed by atoms with Gasteiger partial charge in [-0.3, -0.25) is 9.79 Å². The number of hydrogen-bond donors (Lipinski definition) is 1. The minimum Gasteiger partial charge on any atom is -0.497 e. The molecule has 3 aromatic carbocycles. The molecule has 7 nitrogen and oxygen atoms in total. The Bertz CT molecular complexity index is 1270. The number of nitrogens with zero attached hydrogens (tertiary/aromatic N) is 2. The van der Waals surface area contributed by atoms with Gasteiger partial charge in [-0.2, -0.15) is 0 Å². The number of fused-ring (bicyclic) bond motifs is 1. The second kappa shape index (κ2) is 10.8. The van der Waals surface area contributed by atoms with Crippen molar-refractivity contribution >= 4 is 51.5 Å². The van der Waals surface area contributed by atoms with Gasteiger partial charge in [0.1, 0.15) is 5.75 Å². The van der Waals surface area contributed by atoms with E-state index in [9.17, 15) is 9.59 Å². The summed E-state index contributed by atoms with van der Waals surface area (Å²) in [6.07, 6.45) is 0.484. The quantitative estimate of drug-likeness (QED) is 0.484. The number of nitrogens with one attached hydrogen (secondary N) is 1. The predicted octanol–water partition coefficient (Wildman–Crippen LogP) is 5.41. The number of carbonyl (C=O) groups excluding carboxylic acids is 2. The summed E-state index contributed by atoms with van der Waals surface area (Å²) in [5.74, 6) is 0.149. The molecule has 0 aromatic heterocycles. The van der Waals surface area contributed by atoms with E-state index in [4.69, 9.17) is 19.5 Å². The number of carbonyl (C=O) groups is 2. The molecule has 0 aliphatic carbocycles. The van der Waals surface area contributed by atoms with Gasteiger partial charge < -0.3 is 14.8 Å². The molecule has 0 saturated heterocycles. The SMILES string of the molecule is COC(=O)c1ccccc1NC(=O)CSC1=Nc2ccccc2N=C(c2ccc(OC)cc2)C1. The van der Waals surface area contributed by atoms with E-state index in [0.717, 1.165) is 33.4 Å². The molecule has 0 fully saturated rings. The van der Waals surface area contributed by atoms with Crippen molar-refractivity contribution in [3.63, 3.8) is 0 Å². The highest BCUT2D eigenvalue weighted by molar-refractivity contribution is 8.14. The predicted molar refractivity (Wildman–Crippen MR) is 136 cm³/mol. The molecule has 8 heteroatoms. The Morgan fingerprint density at radius 2 is 1.59 bits per heavy atom. The lowest BCUT2D eigenvalue weighted by atomic mass is 10.1. The molecule has 1 heterocycles. The molecular weight excluding hydrogens is 450 g/mol. The summed E-state index contributed by atoms with van der Waals surface area (Å²) in [5.41, 5.74) is 4.06. The Kier molecular flexibility index (Phi) is 7.39. The van der Waals surface area contributed by atoms with Crippen LogP contribution in [0.5, 0.6) is 5.75 Å². The maximum absolute atomic E-state index is 12.7. The summed E-state index contributed by atoms with van der Waals surface area (Å²) in [7, 11) is 2.94.